The number of carbonyl (C=O) groups excluding carboxylic acids is 1. The van der Waals surface area contributed by atoms with E-state index in [1.165, 1.54) is 11.1 Å². The third-order valence-corrected chi connectivity index (χ3v) is 4.26. The Hall–Kier alpha value is -1.54. The molecule has 2 aromatic carbocycles. The van der Waals surface area contributed by atoms with Crippen molar-refractivity contribution in [2.24, 2.45) is 0 Å². The number of ketones is 1. The van der Waals surface area contributed by atoms with Crippen LogP contribution in [0.2, 0.25) is 0 Å². The van der Waals surface area contributed by atoms with Gasteiger partial charge in [0, 0.05) is 10.5 Å². The first-order valence-electron chi connectivity index (χ1n) is 6.37. The SMILES string of the molecule is Cc1cccc(SCC(=O)c2cccc(C)c2C)c1. The minimum absolute atomic E-state index is 0.202. The molecular weight excluding hydrogens is 252 g/mol. The molecule has 0 radical (unpaired) electrons. The molecule has 2 rings (SSSR count). The second-order valence-corrected chi connectivity index (χ2v) is 5.82. The summed E-state index contributed by atoms with van der Waals surface area (Å²) in [4.78, 5) is 13.4. The zero-order chi connectivity index (χ0) is 13.8. The van der Waals surface area contributed by atoms with Crippen LogP contribution in [0.3, 0.4) is 0 Å². The van der Waals surface area contributed by atoms with Gasteiger partial charge in [-0.25, -0.2) is 0 Å². The quantitative estimate of drug-likeness (QED) is 0.597. The van der Waals surface area contributed by atoms with Crippen LogP contribution in [-0.4, -0.2) is 11.5 Å². The first kappa shape index (κ1) is 13.9. The van der Waals surface area contributed by atoms with Crippen molar-refractivity contribution in [1.82, 2.24) is 0 Å². The number of Topliss-reactive ketones (excluding diaryl/α,β-unsaturated/α-hetero) is 1. The summed E-state index contributed by atoms with van der Waals surface area (Å²) < 4.78 is 0. The van der Waals surface area contributed by atoms with Gasteiger partial charge >= 0.3 is 0 Å². The maximum absolute atomic E-state index is 12.3. The van der Waals surface area contributed by atoms with Gasteiger partial charge in [-0.1, -0.05) is 35.9 Å². The van der Waals surface area contributed by atoms with Gasteiger partial charge in [-0.2, -0.15) is 0 Å². The van der Waals surface area contributed by atoms with E-state index < -0.39 is 0 Å². The fourth-order valence-corrected chi connectivity index (χ4v) is 2.88. The molecule has 0 saturated carbocycles. The summed E-state index contributed by atoms with van der Waals surface area (Å²) in [6, 6.07) is 14.2. The number of hydrogen-bond donors (Lipinski definition) is 0. The lowest BCUT2D eigenvalue weighted by Gasteiger charge is -2.07. The molecule has 0 aliphatic carbocycles. The van der Waals surface area contributed by atoms with Crippen molar-refractivity contribution < 1.29 is 4.79 Å². The molecule has 0 fully saturated rings. The van der Waals surface area contributed by atoms with Crippen molar-refractivity contribution in [1.29, 1.82) is 0 Å². The molecule has 19 heavy (non-hydrogen) atoms. The molecule has 0 amide bonds. The lowest BCUT2D eigenvalue weighted by atomic mass is 10.0. The predicted molar refractivity (Wildman–Crippen MR) is 82.1 cm³/mol. The van der Waals surface area contributed by atoms with Crippen molar-refractivity contribution in [2.75, 3.05) is 5.75 Å². The van der Waals surface area contributed by atoms with E-state index in [1.54, 1.807) is 11.8 Å². The Kier molecular flexibility index (Phi) is 4.43. The normalized spacial score (nSPS) is 10.5. The maximum atomic E-state index is 12.3. The molecule has 98 valence electrons. The van der Waals surface area contributed by atoms with E-state index in [-0.39, 0.29) is 5.78 Å². The molecule has 0 heterocycles. The molecule has 0 unspecified atom stereocenters. The summed E-state index contributed by atoms with van der Waals surface area (Å²) >= 11 is 1.60. The lowest BCUT2D eigenvalue weighted by Crippen LogP contribution is -2.05. The third-order valence-electron chi connectivity index (χ3n) is 3.26. The highest BCUT2D eigenvalue weighted by Gasteiger charge is 2.10. The maximum Gasteiger partial charge on any atom is 0.173 e. The van der Waals surface area contributed by atoms with Crippen molar-refractivity contribution >= 4 is 17.5 Å². The minimum Gasteiger partial charge on any atom is -0.293 e. The summed E-state index contributed by atoms with van der Waals surface area (Å²) in [7, 11) is 0. The molecule has 0 spiro atoms. The first-order valence-corrected chi connectivity index (χ1v) is 7.35. The number of carbonyl (C=O) groups is 1. The molecule has 0 aromatic heterocycles. The van der Waals surface area contributed by atoms with E-state index in [0.29, 0.717) is 5.75 Å². The summed E-state index contributed by atoms with van der Waals surface area (Å²) in [5.74, 6) is 0.695. The monoisotopic (exact) mass is 270 g/mol. The largest absolute Gasteiger partial charge is 0.293 e. The molecule has 0 saturated heterocycles. The third kappa shape index (κ3) is 3.48. The topological polar surface area (TPSA) is 17.1 Å². The predicted octanol–water partition coefficient (Wildman–Crippen LogP) is 4.59. The molecule has 2 heteroatoms. The van der Waals surface area contributed by atoms with E-state index in [1.807, 2.05) is 44.2 Å². The lowest BCUT2D eigenvalue weighted by molar-refractivity contribution is 0.102. The average Bonchev–Trinajstić information content (AvgIpc) is 2.39. The van der Waals surface area contributed by atoms with Crippen LogP contribution in [0.25, 0.3) is 0 Å². The number of benzene rings is 2. The minimum atomic E-state index is 0.202. The van der Waals surface area contributed by atoms with Gasteiger partial charge < -0.3 is 0 Å². The number of rotatable bonds is 4. The van der Waals surface area contributed by atoms with Crippen molar-refractivity contribution in [2.45, 2.75) is 25.7 Å². The van der Waals surface area contributed by atoms with Crippen molar-refractivity contribution in [3.05, 3.63) is 64.7 Å². The Bertz CT molecular complexity index is 602. The number of thioether (sulfide) groups is 1. The van der Waals surface area contributed by atoms with E-state index in [2.05, 4.69) is 19.1 Å². The number of hydrogen-bond acceptors (Lipinski definition) is 2. The van der Waals surface area contributed by atoms with E-state index in [4.69, 9.17) is 0 Å². The highest BCUT2D eigenvalue weighted by atomic mass is 32.2. The molecule has 0 bridgehead atoms. The van der Waals surface area contributed by atoms with Crippen molar-refractivity contribution in [3.8, 4) is 0 Å². The van der Waals surface area contributed by atoms with Crippen LogP contribution >= 0.6 is 11.8 Å². The van der Waals surface area contributed by atoms with Crippen LogP contribution in [0.4, 0.5) is 0 Å². The zero-order valence-corrected chi connectivity index (χ0v) is 12.4. The van der Waals surface area contributed by atoms with Crippen molar-refractivity contribution in [3.63, 3.8) is 0 Å². The first-order chi connectivity index (χ1) is 9.08. The molecule has 1 nitrogen and oxygen atoms in total. The van der Waals surface area contributed by atoms with Gasteiger partial charge in [-0.15, -0.1) is 11.8 Å². The summed E-state index contributed by atoms with van der Waals surface area (Å²) in [5.41, 5.74) is 4.34. The van der Waals surface area contributed by atoms with Gasteiger partial charge in [0.1, 0.15) is 0 Å². The molecule has 0 aliphatic rings. The fraction of sp³-hybridized carbons (Fsp3) is 0.235. The number of aryl methyl sites for hydroxylation is 2. The zero-order valence-electron chi connectivity index (χ0n) is 11.6. The van der Waals surface area contributed by atoms with Gasteiger partial charge in [0.15, 0.2) is 5.78 Å². The van der Waals surface area contributed by atoms with Gasteiger partial charge in [0.25, 0.3) is 0 Å². The van der Waals surface area contributed by atoms with E-state index in [0.717, 1.165) is 16.0 Å². The Morgan fingerprint density at radius 3 is 2.53 bits per heavy atom. The average molecular weight is 270 g/mol. The smallest absolute Gasteiger partial charge is 0.173 e. The standard InChI is InChI=1S/C17H18OS/c1-12-6-4-8-15(10-12)19-11-17(18)16-9-5-7-13(2)14(16)3/h4-10H,11H2,1-3H3. The van der Waals surface area contributed by atoms with Gasteiger partial charge in [-0.3, -0.25) is 4.79 Å². The summed E-state index contributed by atoms with van der Waals surface area (Å²) in [6.45, 7) is 6.12. The molecule has 0 atom stereocenters. The van der Waals surface area contributed by atoms with Gasteiger partial charge in [0.05, 0.1) is 5.75 Å². The Balaban J connectivity index is 2.08. The van der Waals surface area contributed by atoms with Gasteiger partial charge in [-0.05, 0) is 44.0 Å². The Morgan fingerprint density at radius 2 is 1.79 bits per heavy atom. The van der Waals surface area contributed by atoms with Crippen LogP contribution in [0.15, 0.2) is 47.4 Å². The van der Waals surface area contributed by atoms with Crippen LogP contribution < -0.4 is 0 Å². The van der Waals surface area contributed by atoms with Crippen LogP contribution in [0.1, 0.15) is 27.0 Å². The van der Waals surface area contributed by atoms with Crippen LogP contribution in [0.5, 0.6) is 0 Å². The molecule has 0 N–H and O–H groups in total. The summed E-state index contributed by atoms with van der Waals surface area (Å²) in [5, 5.41) is 0. The summed E-state index contributed by atoms with van der Waals surface area (Å²) in [6.07, 6.45) is 0. The molecule has 2 aromatic rings. The second kappa shape index (κ2) is 6.07. The molecular formula is C17H18OS. The van der Waals surface area contributed by atoms with Crippen LogP contribution in [-0.2, 0) is 0 Å². The van der Waals surface area contributed by atoms with E-state index in [9.17, 15) is 4.79 Å². The molecule has 0 aliphatic heterocycles. The van der Waals surface area contributed by atoms with Gasteiger partial charge in [0.2, 0.25) is 0 Å². The second-order valence-electron chi connectivity index (χ2n) is 4.78. The Labute approximate surface area is 119 Å². The van der Waals surface area contributed by atoms with E-state index >= 15 is 0 Å². The van der Waals surface area contributed by atoms with Crippen LogP contribution in [0, 0.1) is 20.8 Å². The Morgan fingerprint density at radius 1 is 1.05 bits per heavy atom. The highest BCUT2D eigenvalue weighted by molar-refractivity contribution is 8.00. The fourth-order valence-electron chi connectivity index (χ4n) is 1.98. The highest BCUT2D eigenvalue weighted by Crippen LogP contribution is 2.21.